The van der Waals surface area contributed by atoms with Crippen molar-refractivity contribution >= 4 is 17.0 Å². The Bertz CT molecular complexity index is 504. The zero-order valence-corrected chi connectivity index (χ0v) is 11.7. The van der Waals surface area contributed by atoms with E-state index in [0.29, 0.717) is 6.04 Å². The standard InChI is InChI=1S/C15H19N3S/c1-2-7-16-14(5-1)11-18-13-6-3-4-12(10-13)15-17-8-9-19-15/h3-4,6,8-10,14,16,18H,1-2,5,7,11H2. The Morgan fingerprint density at radius 1 is 1.37 bits per heavy atom. The zero-order chi connectivity index (χ0) is 12.9. The van der Waals surface area contributed by atoms with Gasteiger partial charge in [-0.1, -0.05) is 18.6 Å². The van der Waals surface area contributed by atoms with Crippen LogP contribution in [0.15, 0.2) is 35.8 Å². The molecule has 1 unspecified atom stereocenters. The normalized spacial score (nSPS) is 19.3. The maximum atomic E-state index is 4.36. The first-order valence-electron chi connectivity index (χ1n) is 6.89. The summed E-state index contributed by atoms with van der Waals surface area (Å²) in [5.41, 5.74) is 2.37. The molecule has 3 nitrogen and oxygen atoms in total. The van der Waals surface area contributed by atoms with Gasteiger partial charge in [-0.2, -0.15) is 0 Å². The third kappa shape index (κ3) is 3.33. The molecule has 4 heteroatoms. The third-order valence-corrected chi connectivity index (χ3v) is 4.33. The van der Waals surface area contributed by atoms with Crippen molar-refractivity contribution in [1.82, 2.24) is 10.3 Å². The quantitative estimate of drug-likeness (QED) is 0.897. The molecule has 0 spiro atoms. The fourth-order valence-corrected chi connectivity index (χ4v) is 3.10. The predicted molar refractivity (Wildman–Crippen MR) is 81.7 cm³/mol. The van der Waals surface area contributed by atoms with E-state index >= 15 is 0 Å². The van der Waals surface area contributed by atoms with Gasteiger partial charge in [0, 0.05) is 35.4 Å². The minimum Gasteiger partial charge on any atom is -0.383 e. The van der Waals surface area contributed by atoms with E-state index in [-0.39, 0.29) is 0 Å². The summed E-state index contributed by atoms with van der Waals surface area (Å²) >= 11 is 1.68. The number of nitrogens with zero attached hydrogens (tertiary/aromatic N) is 1. The molecule has 0 radical (unpaired) electrons. The van der Waals surface area contributed by atoms with Gasteiger partial charge in [-0.05, 0) is 31.5 Å². The van der Waals surface area contributed by atoms with Crippen LogP contribution in [0.5, 0.6) is 0 Å². The summed E-state index contributed by atoms with van der Waals surface area (Å²) in [6, 6.07) is 9.12. The van der Waals surface area contributed by atoms with E-state index in [4.69, 9.17) is 0 Å². The highest BCUT2D eigenvalue weighted by atomic mass is 32.1. The molecule has 1 atom stereocenters. The molecule has 1 saturated heterocycles. The smallest absolute Gasteiger partial charge is 0.123 e. The van der Waals surface area contributed by atoms with Crippen molar-refractivity contribution in [3.8, 4) is 10.6 Å². The molecule has 0 aliphatic carbocycles. The van der Waals surface area contributed by atoms with Crippen molar-refractivity contribution in [2.45, 2.75) is 25.3 Å². The van der Waals surface area contributed by atoms with Crippen LogP contribution in [0, 0.1) is 0 Å². The van der Waals surface area contributed by atoms with Crippen molar-refractivity contribution in [3.05, 3.63) is 35.8 Å². The van der Waals surface area contributed by atoms with Gasteiger partial charge in [0.1, 0.15) is 5.01 Å². The largest absolute Gasteiger partial charge is 0.383 e. The Morgan fingerprint density at radius 2 is 2.37 bits per heavy atom. The summed E-state index contributed by atoms with van der Waals surface area (Å²) in [7, 11) is 0. The lowest BCUT2D eigenvalue weighted by atomic mass is 10.1. The maximum Gasteiger partial charge on any atom is 0.123 e. The number of hydrogen-bond acceptors (Lipinski definition) is 4. The Balaban J connectivity index is 1.63. The number of aromatic nitrogens is 1. The van der Waals surface area contributed by atoms with Crippen molar-refractivity contribution in [2.75, 3.05) is 18.4 Å². The van der Waals surface area contributed by atoms with E-state index in [1.54, 1.807) is 11.3 Å². The number of piperidine rings is 1. The van der Waals surface area contributed by atoms with Gasteiger partial charge >= 0.3 is 0 Å². The van der Waals surface area contributed by atoms with Gasteiger partial charge in [0.05, 0.1) is 0 Å². The van der Waals surface area contributed by atoms with Crippen LogP contribution in [0.3, 0.4) is 0 Å². The number of nitrogens with one attached hydrogen (secondary N) is 2. The Labute approximate surface area is 118 Å². The van der Waals surface area contributed by atoms with Gasteiger partial charge in [0.15, 0.2) is 0 Å². The Hall–Kier alpha value is -1.39. The molecule has 0 saturated carbocycles. The Morgan fingerprint density at radius 3 is 3.16 bits per heavy atom. The number of anilines is 1. The monoisotopic (exact) mass is 273 g/mol. The number of hydrogen-bond donors (Lipinski definition) is 2. The molecule has 0 bridgehead atoms. The zero-order valence-electron chi connectivity index (χ0n) is 10.9. The molecule has 100 valence electrons. The lowest BCUT2D eigenvalue weighted by molar-refractivity contribution is 0.414. The van der Waals surface area contributed by atoms with Crippen molar-refractivity contribution in [3.63, 3.8) is 0 Å². The van der Waals surface area contributed by atoms with Crippen LogP contribution in [0.4, 0.5) is 5.69 Å². The summed E-state index contributed by atoms with van der Waals surface area (Å²) in [6.45, 7) is 2.16. The van der Waals surface area contributed by atoms with E-state index in [9.17, 15) is 0 Å². The van der Waals surface area contributed by atoms with E-state index in [0.717, 1.165) is 18.1 Å². The lowest BCUT2D eigenvalue weighted by Crippen LogP contribution is -2.39. The molecule has 3 rings (SSSR count). The summed E-state index contributed by atoms with van der Waals surface area (Å²) < 4.78 is 0. The summed E-state index contributed by atoms with van der Waals surface area (Å²) in [6.07, 6.45) is 5.79. The summed E-state index contributed by atoms with van der Waals surface area (Å²) in [4.78, 5) is 4.36. The molecule has 1 aliphatic rings. The third-order valence-electron chi connectivity index (χ3n) is 3.51. The first-order valence-corrected chi connectivity index (χ1v) is 7.77. The first-order chi connectivity index (χ1) is 9.42. The van der Waals surface area contributed by atoms with Gasteiger partial charge in [-0.3, -0.25) is 0 Å². The second-order valence-electron chi connectivity index (χ2n) is 4.95. The second-order valence-corrected chi connectivity index (χ2v) is 5.84. The topological polar surface area (TPSA) is 37.0 Å². The van der Waals surface area contributed by atoms with Crippen LogP contribution >= 0.6 is 11.3 Å². The molecule has 1 aliphatic heterocycles. The molecule has 1 aromatic heterocycles. The highest BCUT2D eigenvalue weighted by Gasteiger charge is 2.11. The predicted octanol–water partition coefficient (Wildman–Crippen LogP) is 3.36. The molecule has 19 heavy (non-hydrogen) atoms. The average Bonchev–Trinajstić information content (AvgIpc) is 3.01. The summed E-state index contributed by atoms with van der Waals surface area (Å²) in [5.74, 6) is 0. The van der Waals surface area contributed by atoms with Crippen LogP contribution in [-0.4, -0.2) is 24.1 Å². The highest BCUT2D eigenvalue weighted by Crippen LogP contribution is 2.24. The number of rotatable bonds is 4. The highest BCUT2D eigenvalue weighted by molar-refractivity contribution is 7.13. The Kier molecular flexibility index (Phi) is 4.10. The minimum absolute atomic E-state index is 0.609. The molecule has 2 heterocycles. The molecule has 2 N–H and O–H groups in total. The van der Waals surface area contributed by atoms with Crippen LogP contribution in [0.2, 0.25) is 0 Å². The average molecular weight is 273 g/mol. The van der Waals surface area contributed by atoms with Crippen LogP contribution < -0.4 is 10.6 Å². The fourth-order valence-electron chi connectivity index (χ4n) is 2.47. The second kappa shape index (κ2) is 6.17. The van der Waals surface area contributed by atoms with Crippen molar-refractivity contribution in [1.29, 1.82) is 0 Å². The van der Waals surface area contributed by atoms with Gasteiger partial charge in [0.2, 0.25) is 0 Å². The number of thiazole rings is 1. The van der Waals surface area contributed by atoms with Crippen molar-refractivity contribution in [2.24, 2.45) is 0 Å². The van der Waals surface area contributed by atoms with Crippen LogP contribution in [-0.2, 0) is 0 Å². The lowest BCUT2D eigenvalue weighted by Gasteiger charge is -2.24. The van der Waals surface area contributed by atoms with E-state index in [2.05, 4.69) is 39.9 Å². The van der Waals surface area contributed by atoms with Gasteiger partial charge in [0.25, 0.3) is 0 Å². The molecule has 1 aromatic carbocycles. The van der Waals surface area contributed by atoms with Gasteiger partial charge in [-0.25, -0.2) is 4.98 Å². The first kappa shape index (κ1) is 12.6. The SMILES string of the molecule is c1cc(NCC2CCCCN2)cc(-c2nccs2)c1. The van der Waals surface area contributed by atoms with Gasteiger partial charge in [-0.15, -0.1) is 11.3 Å². The number of benzene rings is 1. The van der Waals surface area contributed by atoms with Crippen LogP contribution in [0.25, 0.3) is 10.6 Å². The molecule has 2 aromatic rings. The fraction of sp³-hybridized carbons (Fsp3) is 0.400. The molecule has 0 amide bonds. The molecular formula is C15H19N3S. The molecular weight excluding hydrogens is 254 g/mol. The summed E-state index contributed by atoms with van der Waals surface area (Å²) in [5, 5.41) is 10.2. The van der Waals surface area contributed by atoms with Gasteiger partial charge < -0.3 is 10.6 Å². The van der Waals surface area contributed by atoms with Crippen LogP contribution in [0.1, 0.15) is 19.3 Å². The van der Waals surface area contributed by atoms with Crippen molar-refractivity contribution < 1.29 is 0 Å². The minimum atomic E-state index is 0.609. The maximum absolute atomic E-state index is 4.36. The van der Waals surface area contributed by atoms with E-state index < -0.39 is 0 Å². The van der Waals surface area contributed by atoms with E-state index in [1.165, 1.54) is 30.5 Å². The molecule has 1 fully saturated rings. The van der Waals surface area contributed by atoms with E-state index in [1.807, 2.05) is 11.6 Å².